The predicted molar refractivity (Wildman–Crippen MR) is 109 cm³/mol. The van der Waals surface area contributed by atoms with E-state index in [0.29, 0.717) is 28.1 Å². The Hall–Kier alpha value is -2.58. The van der Waals surface area contributed by atoms with E-state index < -0.39 is 0 Å². The number of aromatic nitrogens is 1. The molecule has 0 spiro atoms. The van der Waals surface area contributed by atoms with Crippen molar-refractivity contribution >= 4 is 38.3 Å². The number of halogens is 1. The summed E-state index contributed by atoms with van der Waals surface area (Å²) in [6.07, 6.45) is 0. The van der Waals surface area contributed by atoms with Crippen molar-refractivity contribution in [2.24, 2.45) is 0 Å². The molecule has 0 aliphatic heterocycles. The molecule has 0 saturated heterocycles. The summed E-state index contributed by atoms with van der Waals surface area (Å²) in [5, 5.41) is 5.08. The molecule has 8 heteroatoms. The molecule has 1 amide bonds. The number of carbonyl (C=O) groups excluding carboxylic acids is 1. The molecule has 27 heavy (non-hydrogen) atoms. The van der Waals surface area contributed by atoms with Crippen LogP contribution in [0.1, 0.15) is 0 Å². The van der Waals surface area contributed by atoms with Crippen molar-refractivity contribution in [3.8, 4) is 28.5 Å². The zero-order chi connectivity index (χ0) is 19.2. The van der Waals surface area contributed by atoms with Crippen molar-refractivity contribution < 1.29 is 19.0 Å². The first-order valence-corrected chi connectivity index (χ1v) is 9.62. The summed E-state index contributed by atoms with van der Waals surface area (Å²) < 4.78 is 17.1. The molecule has 1 aromatic heterocycles. The highest BCUT2D eigenvalue weighted by atomic mass is 79.9. The third-order valence-electron chi connectivity index (χ3n) is 3.62. The standard InChI is InChI=1S/C19H17BrN2O4S/c1-24-14-7-8-17(25-2)15(9-14)16-11-27-19(21-16)22-18(23)10-26-13-5-3-12(20)4-6-13/h3-9,11H,10H2,1-2H3,(H,21,22,23). The summed E-state index contributed by atoms with van der Waals surface area (Å²) in [6, 6.07) is 12.7. The number of ether oxygens (including phenoxy) is 3. The quantitative estimate of drug-likeness (QED) is 0.571. The highest BCUT2D eigenvalue weighted by Gasteiger charge is 2.13. The second-order valence-electron chi connectivity index (χ2n) is 5.39. The lowest BCUT2D eigenvalue weighted by Gasteiger charge is -2.08. The number of hydrogen-bond donors (Lipinski definition) is 1. The summed E-state index contributed by atoms with van der Waals surface area (Å²) in [5.41, 5.74) is 1.49. The molecule has 0 atom stereocenters. The lowest BCUT2D eigenvalue weighted by Crippen LogP contribution is -2.20. The highest BCUT2D eigenvalue weighted by molar-refractivity contribution is 9.10. The van der Waals surface area contributed by atoms with Gasteiger partial charge >= 0.3 is 0 Å². The van der Waals surface area contributed by atoms with Crippen LogP contribution < -0.4 is 19.5 Å². The maximum absolute atomic E-state index is 12.1. The number of amides is 1. The van der Waals surface area contributed by atoms with Crippen LogP contribution in [0.3, 0.4) is 0 Å². The maximum atomic E-state index is 12.1. The minimum absolute atomic E-state index is 0.0982. The molecule has 1 N–H and O–H groups in total. The van der Waals surface area contributed by atoms with E-state index in [1.807, 2.05) is 35.7 Å². The van der Waals surface area contributed by atoms with Gasteiger partial charge in [-0.15, -0.1) is 11.3 Å². The average molecular weight is 449 g/mol. The fourth-order valence-electron chi connectivity index (χ4n) is 2.30. The van der Waals surface area contributed by atoms with Gasteiger partial charge in [0.1, 0.15) is 17.2 Å². The molecule has 3 rings (SSSR count). The first kappa shape index (κ1) is 19.2. The summed E-state index contributed by atoms with van der Waals surface area (Å²) in [6.45, 7) is -0.0982. The van der Waals surface area contributed by atoms with Gasteiger partial charge in [-0.3, -0.25) is 10.1 Å². The molecule has 140 valence electrons. The summed E-state index contributed by atoms with van der Waals surface area (Å²) >= 11 is 4.68. The van der Waals surface area contributed by atoms with E-state index in [-0.39, 0.29) is 12.5 Å². The Morgan fingerprint density at radius 1 is 1.11 bits per heavy atom. The Morgan fingerprint density at radius 2 is 1.85 bits per heavy atom. The topological polar surface area (TPSA) is 69.7 Å². The van der Waals surface area contributed by atoms with E-state index in [9.17, 15) is 4.79 Å². The van der Waals surface area contributed by atoms with Gasteiger partial charge in [0, 0.05) is 15.4 Å². The maximum Gasteiger partial charge on any atom is 0.264 e. The molecule has 0 aliphatic carbocycles. The lowest BCUT2D eigenvalue weighted by atomic mass is 10.1. The van der Waals surface area contributed by atoms with Crippen molar-refractivity contribution in [2.45, 2.75) is 0 Å². The Morgan fingerprint density at radius 3 is 2.56 bits per heavy atom. The van der Waals surface area contributed by atoms with E-state index in [1.54, 1.807) is 26.4 Å². The Balaban J connectivity index is 1.65. The van der Waals surface area contributed by atoms with E-state index in [1.165, 1.54) is 11.3 Å². The lowest BCUT2D eigenvalue weighted by molar-refractivity contribution is -0.118. The summed E-state index contributed by atoms with van der Waals surface area (Å²) in [5.74, 6) is 1.72. The van der Waals surface area contributed by atoms with Gasteiger partial charge in [-0.05, 0) is 42.5 Å². The molecule has 0 saturated carbocycles. The van der Waals surface area contributed by atoms with Crippen molar-refractivity contribution in [1.82, 2.24) is 4.98 Å². The number of thiazole rings is 1. The fraction of sp³-hybridized carbons (Fsp3) is 0.158. The first-order valence-electron chi connectivity index (χ1n) is 7.95. The number of anilines is 1. The van der Waals surface area contributed by atoms with Gasteiger partial charge in [-0.1, -0.05) is 15.9 Å². The zero-order valence-electron chi connectivity index (χ0n) is 14.7. The van der Waals surface area contributed by atoms with Crippen LogP contribution in [0.4, 0.5) is 5.13 Å². The van der Waals surface area contributed by atoms with E-state index in [0.717, 1.165) is 10.0 Å². The largest absolute Gasteiger partial charge is 0.497 e. The van der Waals surface area contributed by atoms with Gasteiger partial charge in [-0.2, -0.15) is 0 Å². The van der Waals surface area contributed by atoms with Gasteiger partial charge in [0.15, 0.2) is 11.7 Å². The van der Waals surface area contributed by atoms with Crippen molar-refractivity contribution in [3.05, 3.63) is 52.3 Å². The van der Waals surface area contributed by atoms with Crippen LogP contribution in [-0.4, -0.2) is 31.7 Å². The smallest absolute Gasteiger partial charge is 0.264 e. The third kappa shape index (κ3) is 4.99. The van der Waals surface area contributed by atoms with Gasteiger partial charge in [0.25, 0.3) is 5.91 Å². The summed E-state index contributed by atoms with van der Waals surface area (Å²) in [7, 11) is 3.20. The molecule has 6 nitrogen and oxygen atoms in total. The first-order chi connectivity index (χ1) is 13.1. The molecule has 2 aromatic carbocycles. The number of benzene rings is 2. The SMILES string of the molecule is COc1ccc(OC)c(-c2csc(NC(=O)COc3ccc(Br)cc3)n2)c1. The van der Waals surface area contributed by atoms with Crippen LogP contribution in [0.2, 0.25) is 0 Å². The molecule has 1 heterocycles. The second kappa shape index (κ2) is 8.88. The van der Waals surface area contributed by atoms with Gasteiger partial charge in [-0.25, -0.2) is 4.98 Å². The number of carbonyl (C=O) groups is 1. The van der Waals surface area contributed by atoms with Crippen LogP contribution in [-0.2, 0) is 4.79 Å². The molecule has 0 fully saturated rings. The number of rotatable bonds is 7. The molecular weight excluding hydrogens is 432 g/mol. The molecule has 0 radical (unpaired) electrons. The van der Waals surface area contributed by atoms with E-state index in [4.69, 9.17) is 14.2 Å². The van der Waals surface area contributed by atoms with Crippen LogP contribution in [0.15, 0.2) is 52.3 Å². The number of methoxy groups -OCH3 is 2. The second-order valence-corrected chi connectivity index (χ2v) is 7.17. The molecular formula is C19H17BrN2O4S. The zero-order valence-corrected chi connectivity index (χ0v) is 17.1. The third-order valence-corrected chi connectivity index (χ3v) is 4.90. The van der Waals surface area contributed by atoms with Crippen LogP contribution >= 0.6 is 27.3 Å². The van der Waals surface area contributed by atoms with E-state index in [2.05, 4.69) is 26.2 Å². The van der Waals surface area contributed by atoms with Crippen molar-refractivity contribution in [2.75, 3.05) is 26.1 Å². The Labute approximate surface area is 169 Å². The number of nitrogens with one attached hydrogen (secondary N) is 1. The fourth-order valence-corrected chi connectivity index (χ4v) is 3.30. The Bertz CT molecular complexity index is 928. The number of hydrogen-bond acceptors (Lipinski definition) is 6. The van der Waals surface area contributed by atoms with Crippen LogP contribution in [0, 0.1) is 0 Å². The molecule has 3 aromatic rings. The van der Waals surface area contributed by atoms with E-state index >= 15 is 0 Å². The van der Waals surface area contributed by atoms with Gasteiger partial charge < -0.3 is 14.2 Å². The summed E-state index contributed by atoms with van der Waals surface area (Å²) in [4.78, 5) is 16.6. The number of nitrogens with zero attached hydrogens (tertiary/aromatic N) is 1. The normalized spacial score (nSPS) is 10.3. The monoisotopic (exact) mass is 448 g/mol. The highest BCUT2D eigenvalue weighted by Crippen LogP contribution is 2.35. The molecule has 0 bridgehead atoms. The Kier molecular flexibility index (Phi) is 6.31. The van der Waals surface area contributed by atoms with Crippen LogP contribution in [0.25, 0.3) is 11.3 Å². The van der Waals surface area contributed by atoms with Gasteiger partial charge in [0.2, 0.25) is 0 Å². The van der Waals surface area contributed by atoms with Crippen molar-refractivity contribution in [1.29, 1.82) is 0 Å². The van der Waals surface area contributed by atoms with Gasteiger partial charge in [0.05, 0.1) is 19.9 Å². The van der Waals surface area contributed by atoms with Crippen LogP contribution in [0.5, 0.6) is 17.2 Å². The minimum atomic E-state index is -0.281. The van der Waals surface area contributed by atoms with Crippen molar-refractivity contribution in [3.63, 3.8) is 0 Å². The minimum Gasteiger partial charge on any atom is -0.497 e. The molecule has 0 unspecified atom stereocenters. The molecule has 0 aliphatic rings. The average Bonchev–Trinajstić information content (AvgIpc) is 3.15. The predicted octanol–water partition coefficient (Wildman–Crippen LogP) is 4.61.